The van der Waals surface area contributed by atoms with Crippen molar-refractivity contribution in [2.24, 2.45) is 5.73 Å². The molecule has 0 bridgehead atoms. The van der Waals surface area contributed by atoms with Crippen molar-refractivity contribution in [2.45, 2.75) is 6.42 Å². The molecule has 1 unspecified atom stereocenters. The Bertz CT molecular complexity index is 161. The lowest BCUT2D eigenvalue weighted by molar-refractivity contribution is 0.682. The first kappa shape index (κ1) is 11.4. The third-order valence-corrected chi connectivity index (χ3v) is 3.15. The Kier molecular flexibility index (Phi) is 7.38. The third kappa shape index (κ3) is 6.81. The molecule has 0 heterocycles. The van der Waals surface area contributed by atoms with Crippen LogP contribution in [0.25, 0.3) is 0 Å². The van der Waals surface area contributed by atoms with Crippen LogP contribution in [0, 0.1) is 0 Å². The van der Waals surface area contributed by atoms with Crippen LogP contribution in [0.2, 0.25) is 0 Å². The molecule has 0 amide bonds. The van der Waals surface area contributed by atoms with Gasteiger partial charge in [0.2, 0.25) is 0 Å². The van der Waals surface area contributed by atoms with Crippen molar-refractivity contribution in [1.82, 2.24) is 0 Å². The van der Waals surface area contributed by atoms with E-state index in [1.807, 2.05) is 0 Å². The Morgan fingerprint density at radius 1 is 1.64 bits per heavy atom. The summed E-state index contributed by atoms with van der Waals surface area (Å²) in [6, 6.07) is 0. The monoisotopic (exact) mass is 215 g/mol. The summed E-state index contributed by atoms with van der Waals surface area (Å²) in [5, 5.41) is 0.432. The molecule has 0 aromatic heterocycles. The lowest BCUT2D eigenvalue weighted by atomic mass is 10.5. The molecule has 1 atom stereocenters. The molecule has 0 radical (unpaired) electrons. The van der Waals surface area contributed by atoms with E-state index in [-0.39, 0.29) is 0 Å². The van der Waals surface area contributed by atoms with E-state index in [2.05, 4.69) is 0 Å². The SMILES string of the molecule is NCCCS(=O)C/C(Cl)=C/Cl. The van der Waals surface area contributed by atoms with E-state index in [1.165, 1.54) is 5.54 Å². The van der Waals surface area contributed by atoms with E-state index >= 15 is 0 Å². The van der Waals surface area contributed by atoms with Crippen LogP contribution >= 0.6 is 23.2 Å². The van der Waals surface area contributed by atoms with Gasteiger partial charge in [-0.2, -0.15) is 0 Å². The zero-order valence-corrected chi connectivity index (χ0v) is 8.38. The van der Waals surface area contributed by atoms with Crippen LogP contribution in [0.5, 0.6) is 0 Å². The van der Waals surface area contributed by atoms with Crippen molar-refractivity contribution in [3.8, 4) is 0 Å². The standard InChI is InChI=1S/C6H11Cl2NOS/c7-4-6(8)5-11(10)3-1-2-9/h4H,1-3,5,9H2/b6-4-. The maximum Gasteiger partial charge on any atom is 0.0602 e. The van der Waals surface area contributed by atoms with E-state index in [0.717, 1.165) is 6.42 Å². The minimum Gasteiger partial charge on any atom is -0.330 e. The fraction of sp³-hybridized carbons (Fsp3) is 0.667. The number of nitrogens with two attached hydrogens (primary N) is 1. The molecular weight excluding hydrogens is 205 g/mol. The molecule has 2 N–H and O–H groups in total. The molecule has 66 valence electrons. The topological polar surface area (TPSA) is 43.1 Å². The van der Waals surface area contributed by atoms with Crippen molar-refractivity contribution in [3.63, 3.8) is 0 Å². The van der Waals surface area contributed by atoms with Gasteiger partial charge in [0.1, 0.15) is 0 Å². The number of hydrogen-bond acceptors (Lipinski definition) is 2. The summed E-state index contributed by atoms with van der Waals surface area (Å²) in [5.41, 5.74) is 6.47. The second-order valence-electron chi connectivity index (χ2n) is 1.99. The average molecular weight is 216 g/mol. The smallest absolute Gasteiger partial charge is 0.0602 e. The zero-order chi connectivity index (χ0) is 8.69. The largest absolute Gasteiger partial charge is 0.330 e. The highest BCUT2D eigenvalue weighted by atomic mass is 35.5. The molecule has 0 spiro atoms. The molecule has 11 heavy (non-hydrogen) atoms. The normalized spacial score (nSPS) is 15.0. The van der Waals surface area contributed by atoms with Gasteiger partial charge < -0.3 is 5.73 Å². The van der Waals surface area contributed by atoms with Crippen LogP contribution < -0.4 is 5.73 Å². The first-order chi connectivity index (χ1) is 5.20. The molecular formula is C6H11Cl2NOS. The van der Waals surface area contributed by atoms with Crippen molar-refractivity contribution in [3.05, 3.63) is 10.6 Å². The van der Waals surface area contributed by atoms with Gasteiger partial charge in [-0.3, -0.25) is 4.21 Å². The molecule has 0 rings (SSSR count). The van der Waals surface area contributed by atoms with Gasteiger partial charge in [-0.25, -0.2) is 0 Å². The second kappa shape index (κ2) is 7.10. The van der Waals surface area contributed by atoms with Gasteiger partial charge in [0.25, 0.3) is 0 Å². The van der Waals surface area contributed by atoms with E-state index < -0.39 is 10.8 Å². The predicted octanol–water partition coefficient (Wildman–Crippen LogP) is 1.40. The van der Waals surface area contributed by atoms with E-state index in [4.69, 9.17) is 28.9 Å². The predicted molar refractivity (Wildman–Crippen MR) is 51.3 cm³/mol. The van der Waals surface area contributed by atoms with Gasteiger partial charge in [-0.15, -0.1) is 0 Å². The molecule has 0 saturated carbocycles. The minimum atomic E-state index is -0.915. The van der Waals surface area contributed by atoms with Crippen molar-refractivity contribution < 1.29 is 4.21 Å². The quantitative estimate of drug-likeness (QED) is 0.754. The molecule has 0 saturated heterocycles. The molecule has 0 aromatic rings. The molecule has 0 aliphatic carbocycles. The third-order valence-electron chi connectivity index (χ3n) is 0.993. The van der Waals surface area contributed by atoms with Crippen LogP contribution in [0.15, 0.2) is 10.6 Å². The summed E-state index contributed by atoms with van der Waals surface area (Å²) < 4.78 is 11.0. The van der Waals surface area contributed by atoms with Gasteiger partial charge in [0.05, 0.1) is 5.75 Å². The Labute approximate surface area is 79.2 Å². The van der Waals surface area contributed by atoms with Gasteiger partial charge in [-0.05, 0) is 13.0 Å². The minimum absolute atomic E-state index is 0.338. The lowest BCUT2D eigenvalue weighted by Gasteiger charge is -1.97. The van der Waals surface area contributed by atoms with Gasteiger partial charge in [-0.1, -0.05) is 23.2 Å². The van der Waals surface area contributed by atoms with E-state index in [9.17, 15) is 4.21 Å². The zero-order valence-electron chi connectivity index (χ0n) is 6.06. The Morgan fingerprint density at radius 3 is 2.73 bits per heavy atom. The summed E-state index contributed by atoms with van der Waals surface area (Å²) in [5.74, 6) is 0.933. The molecule has 0 aliphatic rings. The van der Waals surface area contributed by atoms with Crippen LogP contribution in [-0.2, 0) is 10.8 Å². The number of rotatable bonds is 5. The van der Waals surface area contributed by atoms with Gasteiger partial charge in [0.15, 0.2) is 0 Å². The lowest BCUT2D eigenvalue weighted by Crippen LogP contribution is -2.08. The van der Waals surface area contributed by atoms with Gasteiger partial charge >= 0.3 is 0 Å². The van der Waals surface area contributed by atoms with E-state index in [0.29, 0.717) is 23.1 Å². The van der Waals surface area contributed by atoms with Crippen LogP contribution in [0.1, 0.15) is 6.42 Å². The molecule has 0 fully saturated rings. The first-order valence-corrected chi connectivity index (χ1v) is 5.50. The average Bonchev–Trinajstić information content (AvgIpc) is 2.00. The van der Waals surface area contributed by atoms with Crippen LogP contribution in [0.3, 0.4) is 0 Å². The summed E-state index contributed by atoms with van der Waals surface area (Å²) in [7, 11) is -0.915. The Hall–Kier alpha value is 0.430. The summed E-state index contributed by atoms with van der Waals surface area (Å²) in [6.45, 7) is 0.563. The highest BCUT2D eigenvalue weighted by molar-refractivity contribution is 7.85. The van der Waals surface area contributed by atoms with E-state index in [1.54, 1.807) is 0 Å². The number of hydrogen-bond donors (Lipinski definition) is 1. The Morgan fingerprint density at radius 2 is 2.27 bits per heavy atom. The van der Waals surface area contributed by atoms with Crippen molar-refractivity contribution >= 4 is 34.0 Å². The summed E-state index contributed by atoms with van der Waals surface area (Å²) in [6.07, 6.45) is 0.763. The number of halogens is 2. The van der Waals surface area contributed by atoms with Crippen LogP contribution in [0.4, 0.5) is 0 Å². The second-order valence-corrected chi connectivity index (χ2v) is 4.27. The van der Waals surface area contributed by atoms with Crippen molar-refractivity contribution in [2.75, 3.05) is 18.1 Å². The van der Waals surface area contributed by atoms with Crippen LogP contribution in [-0.4, -0.2) is 22.3 Å². The molecule has 0 aliphatic heterocycles. The summed E-state index contributed by atoms with van der Waals surface area (Å²) >= 11 is 10.8. The highest BCUT2D eigenvalue weighted by Gasteiger charge is 2.00. The highest BCUT2D eigenvalue weighted by Crippen LogP contribution is 2.05. The van der Waals surface area contributed by atoms with Gasteiger partial charge in [0, 0.05) is 27.1 Å². The fourth-order valence-corrected chi connectivity index (χ4v) is 2.06. The maximum atomic E-state index is 11.0. The maximum absolute atomic E-state index is 11.0. The molecule has 5 heteroatoms. The molecule has 2 nitrogen and oxygen atoms in total. The fourth-order valence-electron chi connectivity index (χ4n) is 0.502. The Balaban J connectivity index is 3.53. The van der Waals surface area contributed by atoms with Crippen molar-refractivity contribution in [1.29, 1.82) is 0 Å². The molecule has 0 aromatic carbocycles. The first-order valence-electron chi connectivity index (χ1n) is 3.20. The summed E-state index contributed by atoms with van der Waals surface area (Å²) in [4.78, 5) is 0.